The van der Waals surface area contributed by atoms with Gasteiger partial charge >= 0.3 is 6.09 Å². The fraction of sp³-hybridized carbons (Fsp3) is 0.238. The van der Waals surface area contributed by atoms with Gasteiger partial charge in [-0.25, -0.2) is 4.79 Å². The molecule has 50 heavy (non-hydrogen) atoms. The van der Waals surface area contributed by atoms with Gasteiger partial charge in [-0.3, -0.25) is 9.69 Å². The normalized spacial score (nSPS) is 16.5. The van der Waals surface area contributed by atoms with E-state index in [2.05, 4.69) is 60.8 Å². The van der Waals surface area contributed by atoms with Crippen molar-refractivity contribution in [2.75, 3.05) is 13.2 Å². The molecule has 254 valence electrons. The van der Waals surface area contributed by atoms with Crippen LogP contribution in [0.25, 0.3) is 11.1 Å². The molecule has 1 heterocycles. The zero-order valence-corrected chi connectivity index (χ0v) is 28.6. The van der Waals surface area contributed by atoms with Crippen molar-refractivity contribution in [3.05, 3.63) is 160 Å². The number of carbonyl (C=O) groups excluding carboxylic acids is 2. The molecule has 7 rings (SSSR count). The van der Waals surface area contributed by atoms with E-state index < -0.39 is 12.1 Å². The molecular formula is C42H39ClN2O5. The van der Waals surface area contributed by atoms with Gasteiger partial charge in [0.15, 0.2) is 0 Å². The maximum absolute atomic E-state index is 13.7. The van der Waals surface area contributed by atoms with E-state index in [1.54, 1.807) is 12.1 Å². The zero-order valence-electron chi connectivity index (χ0n) is 27.9. The van der Waals surface area contributed by atoms with Crippen molar-refractivity contribution in [3.63, 3.8) is 0 Å². The number of benzene rings is 5. The topological polar surface area (TPSA) is 77.1 Å². The zero-order chi connectivity index (χ0) is 34.5. The lowest BCUT2D eigenvalue weighted by atomic mass is 9.98. The van der Waals surface area contributed by atoms with Crippen molar-refractivity contribution in [1.29, 1.82) is 0 Å². The molecule has 1 saturated heterocycles. The van der Waals surface area contributed by atoms with Crippen LogP contribution in [-0.4, -0.2) is 42.2 Å². The van der Waals surface area contributed by atoms with Crippen molar-refractivity contribution in [2.45, 2.75) is 51.2 Å². The largest absolute Gasteiger partial charge is 0.489 e. The highest BCUT2D eigenvalue weighted by atomic mass is 35.5. The van der Waals surface area contributed by atoms with Crippen LogP contribution in [0, 0.1) is 6.92 Å². The minimum atomic E-state index is -0.736. The van der Waals surface area contributed by atoms with Crippen LogP contribution in [0.2, 0.25) is 5.02 Å². The van der Waals surface area contributed by atoms with Crippen LogP contribution in [0.15, 0.2) is 121 Å². The van der Waals surface area contributed by atoms with E-state index in [1.165, 1.54) is 10.5 Å². The molecule has 7 nitrogen and oxygen atoms in total. The molecule has 0 radical (unpaired) electrons. The van der Waals surface area contributed by atoms with Gasteiger partial charge in [-0.05, 0) is 70.1 Å². The summed E-state index contributed by atoms with van der Waals surface area (Å²) in [5, 5.41) is 3.62. The summed E-state index contributed by atoms with van der Waals surface area (Å²) in [6, 6.07) is 39.1. The first-order valence-corrected chi connectivity index (χ1v) is 17.3. The quantitative estimate of drug-likeness (QED) is 0.151. The van der Waals surface area contributed by atoms with Gasteiger partial charge in [0, 0.05) is 23.9 Å². The lowest BCUT2D eigenvalue weighted by Gasteiger charge is -2.24. The highest BCUT2D eigenvalue weighted by molar-refractivity contribution is 6.30. The number of likely N-dealkylation sites (tertiary alicyclic amines) is 1. The molecule has 5 aromatic rings. The van der Waals surface area contributed by atoms with Gasteiger partial charge in [0.2, 0.25) is 5.91 Å². The molecule has 1 aliphatic carbocycles. The smallest absolute Gasteiger partial charge is 0.410 e. The van der Waals surface area contributed by atoms with Crippen LogP contribution < -0.4 is 10.1 Å². The Hall–Kier alpha value is -5.11. The molecule has 2 aliphatic rings. The molecule has 2 atom stereocenters. The monoisotopic (exact) mass is 686 g/mol. The Morgan fingerprint density at radius 3 is 2.04 bits per heavy atom. The number of aryl methyl sites for hydroxylation is 1. The second-order valence-electron chi connectivity index (χ2n) is 12.9. The summed E-state index contributed by atoms with van der Waals surface area (Å²) in [7, 11) is 0. The first kappa shape index (κ1) is 33.4. The Labute approximate surface area is 297 Å². The van der Waals surface area contributed by atoms with Crippen molar-refractivity contribution in [2.24, 2.45) is 0 Å². The van der Waals surface area contributed by atoms with Crippen LogP contribution in [0.3, 0.4) is 0 Å². The van der Waals surface area contributed by atoms with Gasteiger partial charge in [-0.1, -0.05) is 114 Å². The summed E-state index contributed by atoms with van der Waals surface area (Å²) in [6.45, 7) is 3.62. The van der Waals surface area contributed by atoms with Gasteiger partial charge in [0.05, 0.1) is 19.3 Å². The third-order valence-electron chi connectivity index (χ3n) is 9.45. The van der Waals surface area contributed by atoms with Crippen molar-refractivity contribution in [3.8, 4) is 16.9 Å². The van der Waals surface area contributed by atoms with Crippen molar-refractivity contribution >= 4 is 23.6 Å². The van der Waals surface area contributed by atoms with E-state index in [1.807, 2.05) is 60.7 Å². The number of halogens is 1. The van der Waals surface area contributed by atoms with Crippen LogP contribution in [0.5, 0.6) is 5.75 Å². The van der Waals surface area contributed by atoms with Gasteiger partial charge in [0.25, 0.3) is 0 Å². The molecule has 0 spiro atoms. The molecule has 8 heteroatoms. The number of nitrogens with one attached hydrogen (secondary N) is 1. The molecule has 0 aromatic heterocycles. The lowest BCUT2D eigenvalue weighted by Crippen LogP contribution is -2.46. The van der Waals surface area contributed by atoms with Gasteiger partial charge in [-0.2, -0.15) is 0 Å². The van der Waals surface area contributed by atoms with E-state index in [0.29, 0.717) is 31.2 Å². The molecule has 0 saturated carbocycles. The predicted octanol–water partition coefficient (Wildman–Crippen LogP) is 8.45. The van der Waals surface area contributed by atoms with Crippen LogP contribution >= 0.6 is 11.6 Å². The Balaban J connectivity index is 0.993. The van der Waals surface area contributed by atoms with E-state index in [0.717, 1.165) is 44.7 Å². The predicted molar refractivity (Wildman–Crippen MR) is 194 cm³/mol. The standard InChI is InChI=1S/C42H39ClN2O5/c1-28-10-12-30(13-11-28)25-48-33-20-16-31(17-21-33)26-49-34-22-40(41(46)44-23-29-14-18-32(43)19-15-29)45(24-34)42(47)50-27-39-37-8-4-2-6-35(37)36-7-3-5-9-38(36)39/h2-21,34,39-40H,22-27H2,1H3,(H,44,46)/t34-,40+/m1/s1. The number of hydrogen-bond acceptors (Lipinski definition) is 5. The molecule has 0 bridgehead atoms. The second kappa shape index (κ2) is 15.2. The molecule has 1 fully saturated rings. The third kappa shape index (κ3) is 7.70. The summed E-state index contributed by atoms with van der Waals surface area (Å²) < 4.78 is 18.2. The number of ether oxygens (including phenoxy) is 3. The van der Waals surface area contributed by atoms with Crippen molar-refractivity contribution in [1.82, 2.24) is 10.2 Å². The highest BCUT2D eigenvalue weighted by Crippen LogP contribution is 2.44. The number of nitrogens with zero attached hydrogens (tertiary/aromatic N) is 1. The second-order valence-corrected chi connectivity index (χ2v) is 13.3. The number of rotatable bonds is 11. The summed E-state index contributed by atoms with van der Waals surface area (Å²) in [6.07, 6.45) is -0.520. The Kier molecular flexibility index (Phi) is 10.1. The average molecular weight is 687 g/mol. The number of fused-ring (bicyclic) bond motifs is 3. The van der Waals surface area contributed by atoms with Gasteiger partial charge in [0.1, 0.15) is 25.0 Å². The van der Waals surface area contributed by atoms with E-state index >= 15 is 0 Å². The summed E-state index contributed by atoms with van der Waals surface area (Å²) >= 11 is 6.04. The van der Waals surface area contributed by atoms with E-state index in [9.17, 15) is 9.59 Å². The first-order valence-electron chi connectivity index (χ1n) is 16.9. The average Bonchev–Trinajstić information content (AvgIpc) is 3.72. The van der Waals surface area contributed by atoms with Gasteiger partial charge in [-0.15, -0.1) is 0 Å². The minimum absolute atomic E-state index is 0.0815. The van der Waals surface area contributed by atoms with Crippen LogP contribution in [0.4, 0.5) is 4.79 Å². The Morgan fingerprint density at radius 1 is 0.760 bits per heavy atom. The third-order valence-corrected chi connectivity index (χ3v) is 9.70. The maximum Gasteiger partial charge on any atom is 0.410 e. The minimum Gasteiger partial charge on any atom is -0.489 e. The molecular weight excluding hydrogens is 648 g/mol. The molecule has 1 N–H and O–H groups in total. The Morgan fingerprint density at radius 2 is 1.36 bits per heavy atom. The van der Waals surface area contributed by atoms with Gasteiger partial charge < -0.3 is 19.5 Å². The number of hydrogen-bond donors (Lipinski definition) is 1. The highest BCUT2D eigenvalue weighted by Gasteiger charge is 2.41. The van der Waals surface area contributed by atoms with Crippen LogP contribution in [0.1, 0.15) is 45.7 Å². The van der Waals surface area contributed by atoms with Crippen molar-refractivity contribution < 1.29 is 23.8 Å². The van der Waals surface area contributed by atoms with E-state index in [-0.39, 0.29) is 31.1 Å². The SMILES string of the molecule is Cc1ccc(COc2ccc(CO[C@@H]3C[C@@H](C(=O)NCc4ccc(Cl)cc4)N(C(=O)OCC4c5ccccc5-c5ccccc54)C3)cc2)cc1. The fourth-order valence-electron chi connectivity index (χ4n) is 6.70. The fourth-order valence-corrected chi connectivity index (χ4v) is 6.83. The summed E-state index contributed by atoms with van der Waals surface area (Å²) in [5.41, 5.74) is 8.78. The Bertz CT molecular complexity index is 1900. The first-order chi connectivity index (χ1) is 24.4. The maximum atomic E-state index is 13.7. The molecule has 5 aromatic carbocycles. The van der Waals surface area contributed by atoms with E-state index in [4.69, 9.17) is 25.8 Å². The van der Waals surface area contributed by atoms with Crippen LogP contribution in [-0.2, 0) is 34.0 Å². The summed E-state index contributed by atoms with van der Waals surface area (Å²) in [5.74, 6) is 0.436. The molecule has 1 aliphatic heterocycles. The molecule has 2 amide bonds. The molecule has 0 unspecified atom stereocenters. The lowest BCUT2D eigenvalue weighted by molar-refractivity contribution is -0.125. The number of amides is 2. The number of carbonyl (C=O) groups is 2. The summed E-state index contributed by atoms with van der Waals surface area (Å²) in [4.78, 5) is 28.8.